The van der Waals surface area contributed by atoms with Crippen molar-refractivity contribution in [1.82, 2.24) is 15.2 Å². The first-order valence-electron chi connectivity index (χ1n) is 7.11. The summed E-state index contributed by atoms with van der Waals surface area (Å²) in [5.41, 5.74) is 2.55. The second-order valence-corrected chi connectivity index (χ2v) is 6.50. The molecule has 19 heavy (non-hydrogen) atoms. The lowest BCUT2D eigenvalue weighted by Crippen LogP contribution is -2.40. The number of nitrogens with zero attached hydrogens (tertiary/aromatic N) is 2. The Morgan fingerprint density at radius 1 is 1.32 bits per heavy atom. The van der Waals surface area contributed by atoms with E-state index in [1.165, 1.54) is 0 Å². The van der Waals surface area contributed by atoms with E-state index in [9.17, 15) is 0 Å². The van der Waals surface area contributed by atoms with Gasteiger partial charge in [-0.1, -0.05) is 26.8 Å². The van der Waals surface area contributed by atoms with Crippen molar-refractivity contribution in [2.75, 3.05) is 20.6 Å². The molecule has 0 spiro atoms. The van der Waals surface area contributed by atoms with Crippen LogP contribution in [0.4, 0.5) is 0 Å². The Labute approximate surface area is 118 Å². The van der Waals surface area contributed by atoms with Crippen LogP contribution in [0.15, 0.2) is 18.2 Å². The van der Waals surface area contributed by atoms with Crippen molar-refractivity contribution in [2.45, 2.75) is 46.7 Å². The second-order valence-electron chi connectivity index (χ2n) is 6.50. The van der Waals surface area contributed by atoms with Gasteiger partial charge in [0.1, 0.15) is 0 Å². The average Bonchev–Trinajstić information content (AvgIpc) is 2.27. The molecule has 0 amide bonds. The van der Waals surface area contributed by atoms with E-state index < -0.39 is 0 Å². The summed E-state index contributed by atoms with van der Waals surface area (Å²) in [6.45, 7) is 10.9. The molecule has 1 unspecified atom stereocenters. The lowest BCUT2D eigenvalue weighted by molar-refractivity contribution is 0.226. The first-order valence-corrected chi connectivity index (χ1v) is 7.11. The maximum atomic E-state index is 4.55. The van der Waals surface area contributed by atoms with Gasteiger partial charge in [-0.3, -0.25) is 4.98 Å². The third-order valence-electron chi connectivity index (χ3n) is 3.57. The fraction of sp³-hybridized carbons (Fsp3) is 0.688. The molecule has 1 rings (SSSR count). The molecule has 0 aromatic carbocycles. The standard InChI is InChI=1S/C16H29N3/c1-13-8-7-9-14(18-13)12-19(6)11-10-15(17-5)16(2,3)4/h7-9,15,17H,10-12H2,1-6H3. The Bertz CT molecular complexity index is 382. The lowest BCUT2D eigenvalue weighted by Gasteiger charge is -2.31. The average molecular weight is 263 g/mol. The molecule has 0 saturated carbocycles. The van der Waals surface area contributed by atoms with Crippen LogP contribution in [0.5, 0.6) is 0 Å². The van der Waals surface area contributed by atoms with Gasteiger partial charge < -0.3 is 10.2 Å². The molecule has 0 saturated heterocycles. The maximum absolute atomic E-state index is 4.55. The molecule has 1 aromatic rings. The van der Waals surface area contributed by atoms with Crippen molar-refractivity contribution in [3.05, 3.63) is 29.6 Å². The number of hydrogen-bond acceptors (Lipinski definition) is 3. The largest absolute Gasteiger partial charge is 0.316 e. The lowest BCUT2D eigenvalue weighted by atomic mass is 9.85. The number of pyridine rings is 1. The van der Waals surface area contributed by atoms with Crippen molar-refractivity contribution >= 4 is 0 Å². The molecule has 3 heteroatoms. The predicted molar refractivity (Wildman–Crippen MR) is 82.2 cm³/mol. The van der Waals surface area contributed by atoms with Crippen LogP contribution in [0.25, 0.3) is 0 Å². The van der Waals surface area contributed by atoms with E-state index in [2.05, 4.69) is 62.2 Å². The molecule has 0 aliphatic heterocycles. The third kappa shape index (κ3) is 5.70. The Kier molecular flexibility index (Phi) is 5.95. The molecular formula is C16H29N3. The zero-order valence-corrected chi connectivity index (χ0v) is 13.3. The van der Waals surface area contributed by atoms with Crippen LogP contribution in [-0.2, 0) is 6.54 Å². The van der Waals surface area contributed by atoms with Crippen LogP contribution < -0.4 is 5.32 Å². The Balaban J connectivity index is 2.45. The number of aryl methyl sites for hydroxylation is 1. The summed E-state index contributed by atoms with van der Waals surface area (Å²) in [5, 5.41) is 3.43. The molecule has 0 bridgehead atoms. The van der Waals surface area contributed by atoms with Crippen LogP contribution in [0.3, 0.4) is 0 Å². The van der Waals surface area contributed by atoms with Gasteiger partial charge in [-0.05, 0) is 51.5 Å². The van der Waals surface area contributed by atoms with Crippen LogP contribution in [0.2, 0.25) is 0 Å². The predicted octanol–water partition coefficient (Wildman–Crippen LogP) is 2.85. The van der Waals surface area contributed by atoms with E-state index in [4.69, 9.17) is 0 Å². The minimum atomic E-state index is 0.303. The highest BCUT2D eigenvalue weighted by atomic mass is 15.1. The molecule has 1 N–H and O–H groups in total. The van der Waals surface area contributed by atoms with Crippen molar-refractivity contribution in [3.63, 3.8) is 0 Å². The zero-order valence-electron chi connectivity index (χ0n) is 13.3. The Hall–Kier alpha value is -0.930. The van der Waals surface area contributed by atoms with Crippen molar-refractivity contribution < 1.29 is 0 Å². The summed E-state index contributed by atoms with van der Waals surface area (Å²) in [5.74, 6) is 0. The van der Waals surface area contributed by atoms with Gasteiger partial charge in [0, 0.05) is 18.3 Å². The molecule has 0 aliphatic rings. The highest BCUT2D eigenvalue weighted by Gasteiger charge is 2.22. The normalized spacial score (nSPS) is 13.8. The first-order chi connectivity index (χ1) is 8.82. The molecule has 1 atom stereocenters. The van der Waals surface area contributed by atoms with Gasteiger partial charge in [0.2, 0.25) is 0 Å². The molecule has 0 aliphatic carbocycles. The van der Waals surface area contributed by atoms with Gasteiger partial charge >= 0.3 is 0 Å². The molecular weight excluding hydrogens is 234 g/mol. The molecule has 108 valence electrons. The van der Waals surface area contributed by atoms with E-state index in [0.717, 1.165) is 30.9 Å². The number of hydrogen-bond donors (Lipinski definition) is 1. The monoisotopic (exact) mass is 263 g/mol. The van der Waals surface area contributed by atoms with Crippen molar-refractivity contribution in [2.24, 2.45) is 5.41 Å². The van der Waals surface area contributed by atoms with Crippen LogP contribution in [0, 0.1) is 12.3 Å². The van der Waals surface area contributed by atoms with E-state index in [1.807, 2.05) is 13.0 Å². The summed E-state index contributed by atoms with van der Waals surface area (Å²) >= 11 is 0. The molecule has 1 aromatic heterocycles. The summed E-state index contributed by atoms with van der Waals surface area (Å²) in [6, 6.07) is 6.76. The smallest absolute Gasteiger partial charge is 0.0547 e. The third-order valence-corrected chi connectivity index (χ3v) is 3.57. The molecule has 0 fully saturated rings. The number of nitrogens with one attached hydrogen (secondary N) is 1. The van der Waals surface area contributed by atoms with Crippen LogP contribution in [0.1, 0.15) is 38.6 Å². The summed E-state index contributed by atoms with van der Waals surface area (Å²) in [7, 11) is 4.22. The highest BCUT2D eigenvalue weighted by Crippen LogP contribution is 2.21. The summed E-state index contributed by atoms with van der Waals surface area (Å²) < 4.78 is 0. The van der Waals surface area contributed by atoms with Crippen molar-refractivity contribution in [1.29, 1.82) is 0 Å². The van der Waals surface area contributed by atoms with Gasteiger partial charge in [-0.2, -0.15) is 0 Å². The summed E-state index contributed by atoms with van der Waals surface area (Å²) in [6.07, 6.45) is 1.16. The maximum Gasteiger partial charge on any atom is 0.0547 e. The molecule has 0 radical (unpaired) electrons. The number of aromatic nitrogens is 1. The van der Waals surface area contributed by atoms with E-state index in [1.54, 1.807) is 0 Å². The zero-order chi connectivity index (χ0) is 14.5. The summed E-state index contributed by atoms with van der Waals surface area (Å²) in [4.78, 5) is 6.90. The van der Waals surface area contributed by atoms with Gasteiger partial charge in [-0.25, -0.2) is 0 Å². The van der Waals surface area contributed by atoms with Gasteiger partial charge in [0.15, 0.2) is 0 Å². The molecule has 1 heterocycles. The van der Waals surface area contributed by atoms with Gasteiger partial charge in [0.05, 0.1) is 5.69 Å². The van der Waals surface area contributed by atoms with E-state index in [0.29, 0.717) is 11.5 Å². The fourth-order valence-electron chi connectivity index (χ4n) is 2.40. The fourth-order valence-corrected chi connectivity index (χ4v) is 2.40. The van der Waals surface area contributed by atoms with Crippen LogP contribution in [-0.4, -0.2) is 36.6 Å². The Morgan fingerprint density at radius 3 is 2.53 bits per heavy atom. The van der Waals surface area contributed by atoms with Crippen LogP contribution >= 0.6 is 0 Å². The highest BCUT2D eigenvalue weighted by molar-refractivity contribution is 5.09. The van der Waals surface area contributed by atoms with E-state index in [-0.39, 0.29) is 0 Å². The minimum Gasteiger partial charge on any atom is -0.316 e. The first kappa shape index (κ1) is 16.1. The minimum absolute atomic E-state index is 0.303. The van der Waals surface area contributed by atoms with Crippen molar-refractivity contribution in [3.8, 4) is 0 Å². The second kappa shape index (κ2) is 7.01. The van der Waals surface area contributed by atoms with E-state index >= 15 is 0 Å². The molecule has 3 nitrogen and oxygen atoms in total. The van der Waals surface area contributed by atoms with Gasteiger partial charge in [0.25, 0.3) is 0 Å². The SMILES string of the molecule is CNC(CCN(C)Cc1cccc(C)n1)C(C)(C)C. The van der Waals surface area contributed by atoms with Gasteiger partial charge in [-0.15, -0.1) is 0 Å². The quantitative estimate of drug-likeness (QED) is 0.855. The Morgan fingerprint density at radius 2 is 2.00 bits per heavy atom. The topological polar surface area (TPSA) is 28.2 Å². The number of rotatable bonds is 6.